The molecule has 1 aliphatic heterocycles. The quantitative estimate of drug-likeness (QED) is 0.885. The summed E-state index contributed by atoms with van der Waals surface area (Å²) in [7, 11) is 0. The molecule has 0 saturated carbocycles. The van der Waals surface area contributed by atoms with Crippen molar-refractivity contribution in [3.05, 3.63) is 35.6 Å². The summed E-state index contributed by atoms with van der Waals surface area (Å²) in [5.74, 6) is -6.03. The van der Waals surface area contributed by atoms with E-state index < -0.39 is 35.6 Å². The number of alkyl halides is 2. The van der Waals surface area contributed by atoms with Gasteiger partial charge in [0.05, 0.1) is 12.1 Å². The second-order valence-electron chi connectivity index (χ2n) is 4.74. The number of nitrogens with one attached hydrogen (secondary N) is 2. The van der Waals surface area contributed by atoms with Crippen molar-refractivity contribution < 1.29 is 22.8 Å². The topological polar surface area (TPSA) is 58.2 Å². The van der Waals surface area contributed by atoms with Gasteiger partial charge in [-0.15, -0.1) is 0 Å². The van der Waals surface area contributed by atoms with Crippen molar-refractivity contribution in [2.24, 2.45) is 0 Å². The Morgan fingerprint density at radius 3 is 2.65 bits per heavy atom. The van der Waals surface area contributed by atoms with Gasteiger partial charge in [-0.3, -0.25) is 9.59 Å². The highest BCUT2D eigenvalue weighted by Gasteiger charge is 2.40. The lowest BCUT2D eigenvalue weighted by molar-refractivity contribution is -0.143. The van der Waals surface area contributed by atoms with E-state index in [9.17, 15) is 22.8 Å². The second-order valence-corrected chi connectivity index (χ2v) is 4.74. The molecule has 7 heteroatoms. The van der Waals surface area contributed by atoms with Crippen LogP contribution in [0.4, 0.5) is 13.2 Å². The molecule has 2 N–H and O–H groups in total. The average molecular weight is 286 g/mol. The van der Waals surface area contributed by atoms with Crippen LogP contribution in [-0.4, -0.2) is 23.8 Å². The maximum atomic E-state index is 13.7. The predicted octanol–water partition coefficient (Wildman–Crippen LogP) is 1.53. The molecule has 0 spiro atoms. The Balaban J connectivity index is 2.22. The number of benzene rings is 1. The average Bonchev–Trinajstić information content (AvgIpc) is 2.69. The molecule has 1 fully saturated rings. The molecule has 1 saturated heterocycles. The number of carbonyl (C=O) groups is 2. The molecule has 1 aromatic carbocycles. The van der Waals surface area contributed by atoms with Crippen molar-refractivity contribution >= 4 is 11.8 Å². The number of hydrogen-bond acceptors (Lipinski definition) is 2. The van der Waals surface area contributed by atoms with E-state index in [2.05, 4.69) is 10.6 Å². The Labute approximate surface area is 113 Å². The zero-order valence-electron chi connectivity index (χ0n) is 10.6. The minimum absolute atomic E-state index is 0.156. The van der Waals surface area contributed by atoms with Crippen LogP contribution in [0.25, 0.3) is 0 Å². The molecule has 2 atom stereocenters. The van der Waals surface area contributed by atoms with Gasteiger partial charge in [0.1, 0.15) is 5.82 Å². The molecule has 108 valence electrons. The molecule has 1 aliphatic rings. The van der Waals surface area contributed by atoms with Gasteiger partial charge in [-0.05, 0) is 6.07 Å². The van der Waals surface area contributed by atoms with Gasteiger partial charge < -0.3 is 10.6 Å². The summed E-state index contributed by atoms with van der Waals surface area (Å²) in [5.41, 5.74) is 0.156. The van der Waals surface area contributed by atoms with Gasteiger partial charge in [0, 0.05) is 18.9 Å². The van der Waals surface area contributed by atoms with E-state index >= 15 is 0 Å². The molecule has 2 amide bonds. The van der Waals surface area contributed by atoms with Gasteiger partial charge >= 0.3 is 5.92 Å². The van der Waals surface area contributed by atoms with Crippen LogP contribution in [0.3, 0.4) is 0 Å². The van der Waals surface area contributed by atoms with E-state index in [1.165, 1.54) is 18.2 Å². The van der Waals surface area contributed by atoms with Crippen molar-refractivity contribution in [2.75, 3.05) is 0 Å². The van der Waals surface area contributed by atoms with Gasteiger partial charge in [0.25, 0.3) is 5.91 Å². The van der Waals surface area contributed by atoms with Crippen molar-refractivity contribution in [2.45, 2.75) is 31.4 Å². The monoisotopic (exact) mass is 286 g/mol. The van der Waals surface area contributed by atoms with Crippen molar-refractivity contribution in [1.82, 2.24) is 10.6 Å². The highest BCUT2D eigenvalue weighted by molar-refractivity contribution is 5.86. The smallest absolute Gasteiger partial charge is 0.321 e. The standard InChI is InChI=1S/C13H13F3N2O2/c1-13(15,16)12(20)17-9-6-10(19)18-11(9)7-4-2-3-5-8(7)14/h2-5,9,11H,6H2,1H3,(H,17,20)(H,18,19). The summed E-state index contributed by atoms with van der Waals surface area (Å²) in [4.78, 5) is 22.7. The van der Waals surface area contributed by atoms with E-state index in [4.69, 9.17) is 0 Å². The van der Waals surface area contributed by atoms with Crippen LogP contribution < -0.4 is 10.6 Å². The molecule has 1 aromatic rings. The summed E-state index contributed by atoms with van der Waals surface area (Å²) in [5, 5.41) is 4.57. The number of halogens is 3. The lowest BCUT2D eigenvalue weighted by Crippen LogP contribution is -2.45. The Hall–Kier alpha value is -2.05. The van der Waals surface area contributed by atoms with Crippen LogP contribution in [0.1, 0.15) is 24.9 Å². The van der Waals surface area contributed by atoms with Gasteiger partial charge in [0.15, 0.2) is 0 Å². The molecule has 1 heterocycles. The Kier molecular flexibility index (Phi) is 3.69. The molecule has 2 rings (SSSR count). The van der Waals surface area contributed by atoms with Crippen LogP contribution in [0.15, 0.2) is 24.3 Å². The fourth-order valence-electron chi connectivity index (χ4n) is 2.10. The van der Waals surface area contributed by atoms with Gasteiger partial charge in [-0.25, -0.2) is 4.39 Å². The molecular formula is C13H13F3N2O2. The van der Waals surface area contributed by atoms with Crippen LogP contribution in [0, 0.1) is 5.82 Å². The first-order valence-electron chi connectivity index (χ1n) is 6.01. The van der Waals surface area contributed by atoms with Gasteiger partial charge in [0.2, 0.25) is 5.91 Å². The van der Waals surface area contributed by atoms with Crippen molar-refractivity contribution in [3.63, 3.8) is 0 Å². The predicted molar refractivity (Wildman–Crippen MR) is 64.5 cm³/mol. The molecule has 0 radical (unpaired) electrons. The third-order valence-electron chi connectivity index (χ3n) is 3.08. The number of hydrogen-bond donors (Lipinski definition) is 2. The van der Waals surface area contributed by atoms with Crippen molar-refractivity contribution in [1.29, 1.82) is 0 Å². The zero-order chi connectivity index (χ0) is 14.9. The third kappa shape index (κ3) is 2.92. The fraction of sp³-hybridized carbons (Fsp3) is 0.385. The fourth-order valence-corrected chi connectivity index (χ4v) is 2.10. The van der Waals surface area contributed by atoms with Crippen LogP contribution in [-0.2, 0) is 9.59 Å². The molecule has 4 nitrogen and oxygen atoms in total. The first-order chi connectivity index (χ1) is 9.29. The minimum Gasteiger partial charge on any atom is -0.347 e. The summed E-state index contributed by atoms with van der Waals surface area (Å²) in [6.07, 6.45) is -0.166. The molecule has 20 heavy (non-hydrogen) atoms. The van der Waals surface area contributed by atoms with Gasteiger partial charge in [-0.1, -0.05) is 18.2 Å². The Morgan fingerprint density at radius 2 is 2.05 bits per heavy atom. The first-order valence-corrected chi connectivity index (χ1v) is 6.01. The highest BCUT2D eigenvalue weighted by atomic mass is 19.3. The number of rotatable bonds is 3. The van der Waals surface area contributed by atoms with Crippen LogP contribution in [0.2, 0.25) is 0 Å². The SMILES string of the molecule is CC(F)(F)C(=O)NC1CC(=O)NC1c1ccccc1F. The molecule has 0 aromatic heterocycles. The van der Waals surface area contributed by atoms with Gasteiger partial charge in [-0.2, -0.15) is 8.78 Å². The summed E-state index contributed by atoms with van der Waals surface area (Å²) in [6.45, 7) is 0.463. The van der Waals surface area contributed by atoms with Crippen LogP contribution >= 0.6 is 0 Å². The summed E-state index contributed by atoms with van der Waals surface area (Å²) < 4.78 is 39.5. The number of carbonyl (C=O) groups excluding carboxylic acids is 2. The molecule has 0 bridgehead atoms. The van der Waals surface area contributed by atoms with Crippen molar-refractivity contribution in [3.8, 4) is 0 Å². The molecule has 2 unspecified atom stereocenters. The Morgan fingerprint density at radius 1 is 1.40 bits per heavy atom. The van der Waals surface area contributed by atoms with E-state index in [-0.39, 0.29) is 12.0 Å². The summed E-state index contributed by atoms with van der Waals surface area (Å²) >= 11 is 0. The van der Waals surface area contributed by atoms with E-state index in [0.29, 0.717) is 6.92 Å². The maximum Gasteiger partial charge on any atom is 0.321 e. The normalized spacial score (nSPS) is 22.5. The largest absolute Gasteiger partial charge is 0.347 e. The van der Waals surface area contributed by atoms with Crippen LogP contribution in [0.5, 0.6) is 0 Å². The highest BCUT2D eigenvalue weighted by Crippen LogP contribution is 2.27. The lowest BCUT2D eigenvalue weighted by atomic mass is 10.00. The summed E-state index contributed by atoms with van der Waals surface area (Å²) in [6, 6.07) is 3.93. The Bertz CT molecular complexity index is 543. The third-order valence-corrected chi connectivity index (χ3v) is 3.08. The maximum absolute atomic E-state index is 13.7. The second kappa shape index (κ2) is 5.15. The first kappa shape index (κ1) is 14.4. The lowest BCUT2D eigenvalue weighted by Gasteiger charge is -2.22. The number of amides is 2. The van der Waals surface area contributed by atoms with E-state index in [1.807, 2.05) is 0 Å². The van der Waals surface area contributed by atoms with E-state index in [1.54, 1.807) is 6.07 Å². The molecule has 0 aliphatic carbocycles. The zero-order valence-corrected chi connectivity index (χ0v) is 10.6. The molecular weight excluding hydrogens is 273 g/mol. The minimum atomic E-state index is -3.55. The van der Waals surface area contributed by atoms with E-state index in [0.717, 1.165) is 0 Å².